The quantitative estimate of drug-likeness (QED) is 0.514. The molecule has 2 aliphatic carbocycles. The summed E-state index contributed by atoms with van der Waals surface area (Å²) >= 11 is 2.93. The van der Waals surface area contributed by atoms with Crippen molar-refractivity contribution in [3.05, 3.63) is 105 Å². The number of benzene rings is 3. The van der Waals surface area contributed by atoms with Gasteiger partial charge in [0.05, 0.1) is 22.3 Å². The second kappa shape index (κ2) is 5.19. The Morgan fingerprint density at radius 2 is 0.893 bits per heavy atom. The van der Waals surface area contributed by atoms with E-state index in [1.54, 1.807) is 0 Å². The van der Waals surface area contributed by atoms with E-state index in [9.17, 15) is 9.59 Å². The maximum Gasteiger partial charge on any atom is 0.201 e. The Morgan fingerprint density at radius 1 is 0.500 bits per heavy atom. The molecular weight excluding hydrogens is 384 g/mol. The van der Waals surface area contributed by atoms with Crippen molar-refractivity contribution in [3.63, 3.8) is 0 Å². The Hall–Kier alpha value is -2.30. The van der Waals surface area contributed by atoms with E-state index in [-0.39, 0.29) is 32.6 Å². The maximum absolute atomic E-state index is 12.9. The molecule has 28 heavy (non-hydrogen) atoms. The highest BCUT2D eigenvalue weighted by Gasteiger charge is 2.48. The van der Waals surface area contributed by atoms with Crippen LogP contribution in [0.15, 0.2) is 60.7 Å². The van der Waals surface area contributed by atoms with Crippen LogP contribution in [-0.4, -0.2) is 10.2 Å². The first-order chi connectivity index (χ1) is 13.7. The van der Waals surface area contributed by atoms with Gasteiger partial charge in [0.15, 0.2) is 0 Å². The SMILES string of the molecule is O=C1SC2c3ccccc3C1c1cc3c(cc12)C1SC(=O)C3c2ccccc21. The van der Waals surface area contributed by atoms with Crippen molar-refractivity contribution in [2.45, 2.75) is 22.3 Å². The monoisotopic (exact) mass is 398 g/mol. The van der Waals surface area contributed by atoms with Gasteiger partial charge in [-0.15, -0.1) is 0 Å². The van der Waals surface area contributed by atoms with Crippen molar-refractivity contribution in [1.29, 1.82) is 0 Å². The molecule has 0 radical (unpaired) electrons. The molecule has 134 valence electrons. The molecule has 4 aliphatic heterocycles. The van der Waals surface area contributed by atoms with Crippen LogP contribution in [0.1, 0.15) is 66.8 Å². The standard InChI is InChI=1S/C24H14O2S2/c25-23-19-11-5-1-3-7-13(11)21(27-23)17-10-18-16(9-15(17)19)20-12-6-2-4-8-14(12)22(18)28-24(20)26/h1-10,19-22H. The molecule has 0 aromatic heterocycles. The van der Waals surface area contributed by atoms with Gasteiger partial charge in [0.2, 0.25) is 10.2 Å². The number of carbonyl (C=O) groups is 2. The van der Waals surface area contributed by atoms with Gasteiger partial charge in [0.25, 0.3) is 0 Å². The number of hydrogen-bond acceptors (Lipinski definition) is 4. The zero-order valence-corrected chi connectivity index (χ0v) is 16.3. The molecule has 6 aliphatic rings. The molecule has 4 atom stereocenters. The number of thioether (sulfide) groups is 2. The topological polar surface area (TPSA) is 34.1 Å². The molecular formula is C24H14O2S2. The molecule has 4 heteroatoms. The average Bonchev–Trinajstić information content (AvgIpc) is 2.73. The first kappa shape index (κ1) is 15.6. The third-order valence-electron chi connectivity index (χ3n) is 6.59. The lowest BCUT2D eigenvalue weighted by atomic mass is 9.71. The predicted octanol–water partition coefficient (Wildman–Crippen LogP) is 5.30. The molecule has 4 heterocycles. The summed E-state index contributed by atoms with van der Waals surface area (Å²) in [5, 5.41) is 0.618. The molecule has 0 fully saturated rings. The summed E-state index contributed by atoms with van der Waals surface area (Å²) in [5.41, 5.74) is 9.61. The van der Waals surface area contributed by atoms with Gasteiger partial charge in [-0.3, -0.25) is 9.59 Å². The summed E-state index contributed by atoms with van der Waals surface area (Å²) in [6.45, 7) is 0. The minimum absolute atomic E-state index is 0.0744. The first-order valence-corrected chi connectivity index (χ1v) is 11.2. The van der Waals surface area contributed by atoms with Crippen LogP contribution < -0.4 is 0 Å². The molecule has 9 rings (SSSR count). The van der Waals surface area contributed by atoms with Crippen molar-refractivity contribution in [2.75, 3.05) is 0 Å². The third-order valence-corrected chi connectivity index (χ3v) is 9.02. The van der Waals surface area contributed by atoms with Gasteiger partial charge < -0.3 is 0 Å². The fourth-order valence-electron chi connectivity index (χ4n) is 5.45. The van der Waals surface area contributed by atoms with Crippen molar-refractivity contribution in [3.8, 4) is 0 Å². The number of carbonyl (C=O) groups excluding carboxylic acids is 2. The van der Waals surface area contributed by atoms with Crippen LogP contribution in [0.5, 0.6) is 0 Å². The van der Waals surface area contributed by atoms with Crippen LogP contribution in [-0.2, 0) is 9.59 Å². The van der Waals surface area contributed by atoms with Gasteiger partial charge in [-0.25, -0.2) is 0 Å². The fraction of sp³-hybridized carbons (Fsp3) is 0.167. The second-order valence-corrected chi connectivity index (χ2v) is 10.1. The Bertz CT molecular complexity index is 1150. The largest absolute Gasteiger partial charge is 0.286 e. The number of hydrogen-bond donors (Lipinski definition) is 0. The van der Waals surface area contributed by atoms with E-state index >= 15 is 0 Å². The highest BCUT2D eigenvalue weighted by molar-refractivity contribution is 8.14. The Balaban J connectivity index is 1.51. The maximum atomic E-state index is 12.9. The number of rotatable bonds is 0. The molecule has 0 spiro atoms. The molecule has 4 bridgehead atoms. The lowest BCUT2D eigenvalue weighted by Crippen LogP contribution is -2.32. The van der Waals surface area contributed by atoms with Crippen LogP contribution in [0, 0.1) is 0 Å². The zero-order valence-electron chi connectivity index (χ0n) is 14.7. The van der Waals surface area contributed by atoms with Crippen LogP contribution in [0.3, 0.4) is 0 Å². The molecule has 3 aromatic rings. The Kier molecular flexibility index (Phi) is 2.89. The Morgan fingerprint density at radius 3 is 1.36 bits per heavy atom. The molecule has 0 N–H and O–H groups in total. The van der Waals surface area contributed by atoms with Gasteiger partial charge >= 0.3 is 0 Å². The van der Waals surface area contributed by atoms with Crippen molar-refractivity contribution in [1.82, 2.24) is 0 Å². The van der Waals surface area contributed by atoms with E-state index < -0.39 is 0 Å². The fourth-order valence-corrected chi connectivity index (χ4v) is 8.04. The first-order valence-electron chi connectivity index (χ1n) is 9.48. The van der Waals surface area contributed by atoms with Gasteiger partial charge in [0.1, 0.15) is 0 Å². The summed E-state index contributed by atoms with van der Waals surface area (Å²) < 4.78 is 0. The van der Waals surface area contributed by atoms with Crippen LogP contribution >= 0.6 is 23.5 Å². The number of fused-ring (bicyclic) bond motifs is 2. The lowest BCUT2D eigenvalue weighted by molar-refractivity contribution is -0.112. The van der Waals surface area contributed by atoms with Crippen molar-refractivity contribution < 1.29 is 9.59 Å². The van der Waals surface area contributed by atoms with E-state index in [0.717, 1.165) is 22.3 Å². The third kappa shape index (κ3) is 1.74. The van der Waals surface area contributed by atoms with Crippen LogP contribution in [0.2, 0.25) is 0 Å². The summed E-state index contributed by atoms with van der Waals surface area (Å²) in [6, 6.07) is 21.2. The smallest absolute Gasteiger partial charge is 0.201 e. The normalized spacial score (nSPS) is 27.9. The van der Waals surface area contributed by atoms with Crippen molar-refractivity contribution >= 4 is 33.8 Å². The van der Waals surface area contributed by atoms with Gasteiger partial charge in [-0.05, 0) is 44.5 Å². The van der Waals surface area contributed by atoms with E-state index in [1.807, 2.05) is 12.1 Å². The average molecular weight is 399 g/mol. The van der Waals surface area contributed by atoms with E-state index in [2.05, 4.69) is 48.5 Å². The van der Waals surface area contributed by atoms with E-state index in [0.29, 0.717) is 0 Å². The lowest BCUT2D eigenvalue weighted by Gasteiger charge is -2.43. The van der Waals surface area contributed by atoms with E-state index in [1.165, 1.54) is 45.8 Å². The second-order valence-electron chi connectivity index (χ2n) is 7.87. The molecule has 0 saturated heterocycles. The summed E-state index contributed by atoms with van der Waals surface area (Å²) in [5.74, 6) is -0.407. The highest BCUT2D eigenvalue weighted by Crippen LogP contribution is 2.61. The minimum atomic E-state index is -0.204. The zero-order chi connectivity index (χ0) is 18.6. The molecule has 0 saturated carbocycles. The van der Waals surface area contributed by atoms with Gasteiger partial charge in [-0.1, -0.05) is 84.2 Å². The minimum Gasteiger partial charge on any atom is -0.286 e. The molecule has 3 aromatic carbocycles. The predicted molar refractivity (Wildman–Crippen MR) is 112 cm³/mol. The van der Waals surface area contributed by atoms with E-state index in [4.69, 9.17) is 0 Å². The van der Waals surface area contributed by atoms with Crippen LogP contribution in [0.25, 0.3) is 0 Å². The van der Waals surface area contributed by atoms with Crippen LogP contribution in [0.4, 0.5) is 0 Å². The summed E-state index contributed by atoms with van der Waals surface area (Å²) in [6.07, 6.45) is 0. The highest BCUT2D eigenvalue weighted by atomic mass is 32.2. The van der Waals surface area contributed by atoms with Crippen molar-refractivity contribution in [2.24, 2.45) is 0 Å². The van der Waals surface area contributed by atoms with Gasteiger partial charge in [-0.2, -0.15) is 0 Å². The Labute approximate surface area is 170 Å². The summed E-state index contributed by atoms with van der Waals surface area (Å²) in [7, 11) is 0. The molecule has 4 unspecified atom stereocenters. The van der Waals surface area contributed by atoms with Gasteiger partial charge in [0, 0.05) is 0 Å². The molecule has 0 amide bonds. The summed E-state index contributed by atoms with van der Waals surface area (Å²) in [4.78, 5) is 25.7. The molecule has 2 nitrogen and oxygen atoms in total.